The predicted octanol–water partition coefficient (Wildman–Crippen LogP) is 4.03. The highest BCUT2D eigenvalue weighted by molar-refractivity contribution is 8.04. The number of nitrogens with one attached hydrogen (secondary N) is 1. The smallest absolute Gasteiger partial charge is 0.258 e. The van der Waals surface area contributed by atoms with Crippen LogP contribution in [0.4, 0.5) is 0 Å². The molecular formula is C19H19NO2S. The van der Waals surface area contributed by atoms with E-state index in [4.69, 9.17) is 4.74 Å². The molecule has 0 spiro atoms. The van der Waals surface area contributed by atoms with Gasteiger partial charge in [0.25, 0.3) is 5.91 Å². The van der Waals surface area contributed by atoms with E-state index in [1.54, 1.807) is 0 Å². The van der Waals surface area contributed by atoms with Crippen LogP contribution in [0.15, 0.2) is 59.5 Å². The number of amides is 1. The average molecular weight is 325 g/mol. The number of hydrogen-bond donors (Lipinski definition) is 1. The molecule has 1 aliphatic heterocycles. The number of carbonyl (C=O) groups excluding carboxylic acids is 1. The molecule has 3 rings (SSSR count). The van der Waals surface area contributed by atoms with Crippen molar-refractivity contribution in [1.29, 1.82) is 0 Å². The van der Waals surface area contributed by atoms with Crippen molar-refractivity contribution >= 4 is 23.7 Å². The normalized spacial score (nSPS) is 17.1. The average Bonchev–Trinajstić information content (AvgIpc) is 2.99. The fourth-order valence-corrected chi connectivity index (χ4v) is 3.13. The molecule has 1 atom stereocenters. The summed E-state index contributed by atoms with van der Waals surface area (Å²) in [6.07, 6.45) is 1.91. The van der Waals surface area contributed by atoms with Crippen LogP contribution in [-0.4, -0.2) is 18.4 Å². The molecule has 0 saturated carbocycles. The zero-order chi connectivity index (χ0) is 16.1. The van der Waals surface area contributed by atoms with E-state index in [0.29, 0.717) is 18.4 Å². The maximum atomic E-state index is 11.5. The van der Waals surface area contributed by atoms with Crippen LogP contribution in [-0.2, 0) is 4.79 Å². The van der Waals surface area contributed by atoms with Crippen molar-refractivity contribution in [2.24, 2.45) is 0 Å². The summed E-state index contributed by atoms with van der Waals surface area (Å²) >= 11 is 1.53. The first kappa shape index (κ1) is 15.7. The summed E-state index contributed by atoms with van der Waals surface area (Å²) in [4.78, 5) is 12.3. The number of hydrogen-bond acceptors (Lipinski definition) is 3. The Bertz CT molecular complexity index is 695. The number of ether oxygens (including phenoxy) is 1. The molecule has 0 radical (unpaired) electrons. The van der Waals surface area contributed by atoms with E-state index in [1.807, 2.05) is 48.5 Å². The van der Waals surface area contributed by atoms with Gasteiger partial charge in [-0.05, 0) is 29.3 Å². The van der Waals surface area contributed by atoms with Gasteiger partial charge in [0.15, 0.2) is 0 Å². The standard InChI is InChI=1S/C19H19NO2S/c1-14(16-5-3-2-4-6-16)12-22-17-9-7-15(8-10-17)11-18-19(21)20-13-23-18/h2-11,14H,12-13H2,1H3,(H,20,21). The van der Waals surface area contributed by atoms with E-state index >= 15 is 0 Å². The molecule has 1 saturated heterocycles. The Labute approximate surface area is 140 Å². The van der Waals surface area contributed by atoms with Crippen LogP contribution in [0, 0.1) is 0 Å². The van der Waals surface area contributed by atoms with Crippen molar-refractivity contribution in [2.45, 2.75) is 12.8 Å². The second-order valence-electron chi connectivity index (χ2n) is 5.49. The molecule has 1 fully saturated rings. The first-order chi connectivity index (χ1) is 11.2. The largest absolute Gasteiger partial charge is 0.493 e. The van der Waals surface area contributed by atoms with Crippen molar-refractivity contribution in [3.05, 3.63) is 70.6 Å². The SMILES string of the molecule is CC(COc1ccc(C=C2SCNC2=O)cc1)c1ccccc1. The maximum absolute atomic E-state index is 11.5. The first-order valence-electron chi connectivity index (χ1n) is 7.63. The van der Waals surface area contributed by atoms with Gasteiger partial charge in [-0.15, -0.1) is 0 Å². The molecular weight excluding hydrogens is 306 g/mol. The first-order valence-corrected chi connectivity index (χ1v) is 8.61. The topological polar surface area (TPSA) is 38.3 Å². The fourth-order valence-electron chi connectivity index (χ4n) is 2.35. The fraction of sp³-hybridized carbons (Fsp3) is 0.211. The highest BCUT2D eigenvalue weighted by Crippen LogP contribution is 2.24. The Morgan fingerprint density at radius 1 is 1.17 bits per heavy atom. The zero-order valence-corrected chi connectivity index (χ0v) is 13.8. The van der Waals surface area contributed by atoms with E-state index in [1.165, 1.54) is 17.3 Å². The van der Waals surface area contributed by atoms with Crippen molar-refractivity contribution in [2.75, 3.05) is 12.5 Å². The Kier molecular flexibility index (Phi) is 5.03. The minimum atomic E-state index is 0.00649. The Balaban J connectivity index is 1.58. The predicted molar refractivity (Wildman–Crippen MR) is 95.4 cm³/mol. The molecule has 2 aromatic rings. The van der Waals surface area contributed by atoms with Gasteiger partial charge in [0.1, 0.15) is 5.75 Å². The Hall–Kier alpha value is -2.20. The third kappa shape index (κ3) is 4.17. The van der Waals surface area contributed by atoms with E-state index < -0.39 is 0 Å². The third-order valence-corrected chi connectivity index (χ3v) is 4.63. The molecule has 3 nitrogen and oxygen atoms in total. The van der Waals surface area contributed by atoms with Gasteiger partial charge in [-0.2, -0.15) is 0 Å². The van der Waals surface area contributed by atoms with Crippen molar-refractivity contribution < 1.29 is 9.53 Å². The van der Waals surface area contributed by atoms with Crippen LogP contribution in [0.5, 0.6) is 5.75 Å². The lowest BCUT2D eigenvalue weighted by molar-refractivity contribution is -0.116. The number of rotatable bonds is 5. The number of thioether (sulfide) groups is 1. The van der Waals surface area contributed by atoms with E-state index in [9.17, 15) is 4.79 Å². The second kappa shape index (κ2) is 7.38. The highest BCUT2D eigenvalue weighted by atomic mass is 32.2. The van der Waals surface area contributed by atoms with Crippen molar-refractivity contribution in [3.63, 3.8) is 0 Å². The molecule has 1 heterocycles. The Morgan fingerprint density at radius 2 is 1.91 bits per heavy atom. The van der Waals surface area contributed by atoms with Gasteiger partial charge in [-0.1, -0.05) is 61.2 Å². The van der Waals surface area contributed by atoms with Gasteiger partial charge in [0.05, 0.1) is 17.4 Å². The zero-order valence-electron chi connectivity index (χ0n) is 13.0. The van der Waals surface area contributed by atoms with Crippen LogP contribution >= 0.6 is 11.8 Å². The van der Waals surface area contributed by atoms with Crippen LogP contribution in [0.2, 0.25) is 0 Å². The van der Waals surface area contributed by atoms with Crippen LogP contribution < -0.4 is 10.1 Å². The van der Waals surface area contributed by atoms with Gasteiger partial charge in [-0.25, -0.2) is 0 Å². The summed E-state index contributed by atoms with van der Waals surface area (Å²) in [5.74, 6) is 1.85. The summed E-state index contributed by atoms with van der Waals surface area (Å²) < 4.78 is 5.86. The third-order valence-electron chi connectivity index (χ3n) is 3.73. The second-order valence-corrected chi connectivity index (χ2v) is 6.51. The molecule has 0 bridgehead atoms. The van der Waals surface area contributed by atoms with Gasteiger partial charge >= 0.3 is 0 Å². The molecule has 4 heteroatoms. The van der Waals surface area contributed by atoms with Gasteiger partial charge in [-0.3, -0.25) is 4.79 Å². The molecule has 23 heavy (non-hydrogen) atoms. The lowest BCUT2D eigenvalue weighted by Gasteiger charge is -2.13. The summed E-state index contributed by atoms with van der Waals surface area (Å²) in [5.41, 5.74) is 2.28. The minimum absolute atomic E-state index is 0.00649. The molecule has 118 valence electrons. The van der Waals surface area contributed by atoms with E-state index in [0.717, 1.165) is 16.2 Å². The molecule has 0 aromatic heterocycles. The summed E-state index contributed by atoms with van der Waals surface area (Å²) in [6.45, 7) is 2.80. The molecule has 1 amide bonds. The van der Waals surface area contributed by atoms with Crippen LogP contribution in [0.25, 0.3) is 6.08 Å². The summed E-state index contributed by atoms with van der Waals surface area (Å²) in [6, 6.07) is 18.2. The molecule has 1 unspecified atom stereocenters. The van der Waals surface area contributed by atoms with E-state index in [-0.39, 0.29) is 5.91 Å². The van der Waals surface area contributed by atoms with Gasteiger partial charge in [0.2, 0.25) is 0 Å². The van der Waals surface area contributed by atoms with Crippen molar-refractivity contribution in [1.82, 2.24) is 5.32 Å². The lowest BCUT2D eigenvalue weighted by Crippen LogP contribution is -2.13. The van der Waals surface area contributed by atoms with Gasteiger partial charge < -0.3 is 10.1 Å². The number of carbonyl (C=O) groups is 1. The van der Waals surface area contributed by atoms with Crippen molar-refractivity contribution in [3.8, 4) is 5.75 Å². The molecule has 0 aliphatic carbocycles. The quantitative estimate of drug-likeness (QED) is 0.844. The van der Waals surface area contributed by atoms with E-state index in [2.05, 4.69) is 24.4 Å². The van der Waals surface area contributed by atoms with Crippen LogP contribution in [0.1, 0.15) is 24.0 Å². The molecule has 2 aromatic carbocycles. The van der Waals surface area contributed by atoms with Crippen LogP contribution in [0.3, 0.4) is 0 Å². The lowest BCUT2D eigenvalue weighted by atomic mass is 10.0. The Morgan fingerprint density at radius 3 is 2.57 bits per heavy atom. The molecule has 1 N–H and O–H groups in total. The van der Waals surface area contributed by atoms with Gasteiger partial charge in [0, 0.05) is 5.92 Å². The maximum Gasteiger partial charge on any atom is 0.258 e. The summed E-state index contributed by atoms with van der Waals surface area (Å²) in [7, 11) is 0. The highest BCUT2D eigenvalue weighted by Gasteiger charge is 2.16. The number of benzene rings is 2. The minimum Gasteiger partial charge on any atom is -0.493 e. The monoisotopic (exact) mass is 325 g/mol. The summed E-state index contributed by atoms with van der Waals surface area (Å²) in [5, 5.41) is 2.78. The molecule has 1 aliphatic rings.